The molecule has 0 saturated carbocycles. The molecule has 0 bridgehead atoms. The fraction of sp³-hybridized carbons (Fsp3) is 0. The summed E-state index contributed by atoms with van der Waals surface area (Å²) in [5.74, 6) is 0.0533. The molecule has 0 aromatic heterocycles. The van der Waals surface area contributed by atoms with E-state index in [1.165, 1.54) is 0 Å². The molecule has 0 spiro atoms. The monoisotopic (exact) mass is 397 g/mol. The summed E-state index contributed by atoms with van der Waals surface area (Å²) in [6.45, 7) is 0. The first-order valence-corrected chi connectivity index (χ1v) is 10.4. The number of benzene rings is 5. The Morgan fingerprint density at radius 2 is 0.645 bits per heavy atom. The van der Waals surface area contributed by atoms with Gasteiger partial charge >= 0.3 is 0 Å². The molecule has 1 heteroatoms. The second-order valence-electron chi connectivity index (χ2n) is 7.51. The molecule has 147 valence electrons. The van der Waals surface area contributed by atoms with Crippen molar-refractivity contribution in [1.82, 2.24) is 0 Å². The molecule has 5 aromatic rings. The zero-order valence-electron chi connectivity index (χ0n) is 17.0. The molecule has 5 aromatic carbocycles. The lowest BCUT2D eigenvalue weighted by Crippen LogP contribution is -1.93. The van der Waals surface area contributed by atoms with E-state index in [4.69, 9.17) is 0 Å². The molecule has 0 amide bonds. The highest BCUT2D eigenvalue weighted by Crippen LogP contribution is 2.49. The van der Waals surface area contributed by atoms with E-state index in [1.54, 1.807) is 0 Å². The Bertz CT molecular complexity index is 1190. The fourth-order valence-electron chi connectivity index (χ4n) is 4.13. The van der Waals surface area contributed by atoms with E-state index in [1.807, 2.05) is 97.1 Å². The van der Waals surface area contributed by atoms with Crippen LogP contribution in [-0.4, -0.2) is 0 Å². The van der Waals surface area contributed by atoms with Crippen molar-refractivity contribution >= 4 is 0 Å². The third kappa shape index (κ3) is 3.62. The smallest absolute Gasteiger partial charge is 0.195 e. The Morgan fingerprint density at radius 3 is 0.968 bits per heavy atom. The molecule has 0 aliphatic carbocycles. The topological polar surface area (TPSA) is 19.9 Å². The lowest BCUT2D eigenvalue weighted by atomic mass is 9.84. The van der Waals surface area contributed by atoms with Gasteiger partial charge in [0, 0.05) is 11.1 Å². The molecule has 0 atom stereocenters. The molecule has 0 unspecified atom stereocenters. The molecule has 5 rings (SSSR count). The summed E-state index contributed by atoms with van der Waals surface area (Å²) >= 11 is 0. The van der Waals surface area contributed by atoms with Crippen LogP contribution in [0.3, 0.4) is 0 Å². The fourth-order valence-corrected chi connectivity index (χ4v) is 4.13. The zero-order valence-corrected chi connectivity index (χ0v) is 17.0. The van der Waals surface area contributed by atoms with Gasteiger partial charge in [0.25, 0.3) is 0 Å². The van der Waals surface area contributed by atoms with E-state index >= 15 is 0 Å². The van der Waals surface area contributed by atoms with Crippen molar-refractivity contribution < 1.29 is 5.11 Å². The molecule has 0 fully saturated rings. The third-order valence-corrected chi connectivity index (χ3v) is 5.58. The van der Waals surface area contributed by atoms with Gasteiger partial charge in [0.05, 0.1) is 0 Å². The average Bonchev–Trinajstić information content (AvgIpc) is 2.85. The summed E-state index contributed by atoms with van der Waals surface area (Å²) in [6, 6.07) is 42.5. The van der Waals surface area contributed by atoms with Crippen molar-refractivity contribution in [3.8, 4) is 50.3 Å². The molecule has 0 saturated heterocycles. The summed E-state index contributed by atoms with van der Waals surface area (Å²) in [4.78, 5) is 0. The van der Waals surface area contributed by atoms with Gasteiger partial charge in [0.15, 0.2) is 5.75 Å². The van der Waals surface area contributed by atoms with Crippen molar-refractivity contribution in [1.29, 1.82) is 0 Å². The third-order valence-electron chi connectivity index (χ3n) is 5.58. The quantitative estimate of drug-likeness (QED) is 0.290. The van der Waals surface area contributed by atoms with E-state index in [2.05, 4.69) is 30.3 Å². The van der Waals surface area contributed by atoms with E-state index < -0.39 is 0 Å². The Hall–Kier alpha value is -4.10. The maximum atomic E-state index is 14.2. The summed E-state index contributed by atoms with van der Waals surface area (Å²) in [5, 5.41) is 14.2. The second-order valence-corrected chi connectivity index (χ2v) is 7.51. The Kier molecular flexibility index (Phi) is 5.08. The summed E-state index contributed by atoms with van der Waals surface area (Å²) in [5.41, 5.74) is 7.33. The lowest BCUT2D eigenvalue weighted by Gasteiger charge is -2.19. The normalized spacial score (nSPS) is 10.7. The Morgan fingerprint density at radius 1 is 0.355 bits per heavy atom. The molecule has 1 radical (unpaired) electrons. The van der Waals surface area contributed by atoms with Crippen molar-refractivity contribution in [2.24, 2.45) is 0 Å². The predicted molar refractivity (Wildman–Crippen MR) is 128 cm³/mol. The van der Waals surface area contributed by atoms with Crippen LogP contribution in [0.15, 0.2) is 127 Å². The van der Waals surface area contributed by atoms with Crippen LogP contribution in [0.1, 0.15) is 0 Å². The minimum Gasteiger partial charge on any atom is -0.289 e. The first-order chi connectivity index (χ1) is 15.3. The first-order valence-electron chi connectivity index (χ1n) is 10.4. The second kappa shape index (κ2) is 8.33. The molecule has 0 aliphatic rings. The van der Waals surface area contributed by atoms with Crippen molar-refractivity contribution in [2.75, 3.05) is 0 Å². The van der Waals surface area contributed by atoms with Crippen LogP contribution in [0.5, 0.6) is 5.75 Å². The van der Waals surface area contributed by atoms with Crippen molar-refractivity contribution in [2.45, 2.75) is 0 Å². The largest absolute Gasteiger partial charge is 0.289 e. The van der Waals surface area contributed by atoms with Gasteiger partial charge < -0.3 is 0 Å². The molecule has 0 aliphatic heterocycles. The van der Waals surface area contributed by atoms with Gasteiger partial charge in [-0.3, -0.25) is 5.11 Å². The zero-order chi connectivity index (χ0) is 21.0. The van der Waals surface area contributed by atoms with Gasteiger partial charge in [-0.05, 0) is 39.4 Å². The van der Waals surface area contributed by atoms with Gasteiger partial charge in [-0.2, -0.15) is 0 Å². The van der Waals surface area contributed by atoms with Crippen molar-refractivity contribution in [3.05, 3.63) is 127 Å². The van der Waals surface area contributed by atoms with Gasteiger partial charge in [-0.1, -0.05) is 121 Å². The van der Waals surface area contributed by atoms with Crippen LogP contribution in [0.25, 0.3) is 44.5 Å². The van der Waals surface area contributed by atoms with Crippen LogP contribution in [0, 0.1) is 0 Å². The maximum Gasteiger partial charge on any atom is 0.195 e. The molecular formula is C30H21O. The molecule has 1 nitrogen and oxygen atoms in total. The minimum atomic E-state index is 0.0533. The van der Waals surface area contributed by atoms with E-state index in [9.17, 15) is 5.11 Å². The maximum absolute atomic E-state index is 14.2. The summed E-state index contributed by atoms with van der Waals surface area (Å²) < 4.78 is 0. The molecule has 31 heavy (non-hydrogen) atoms. The van der Waals surface area contributed by atoms with Crippen LogP contribution >= 0.6 is 0 Å². The highest BCUT2D eigenvalue weighted by atomic mass is 16.3. The Labute approximate surface area is 182 Å². The van der Waals surface area contributed by atoms with Crippen molar-refractivity contribution in [3.63, 3.8) is 0 Å². The number of hydrogen-bond donors (Lipinski definition) is 0. The SMILES string of the molecule is [O]c1c(-c2ccccc2)c(-c2ccccc2)cc(-c2ccccc2)c1-c1ccccc1. The van der Waals surface area contributed by atoms with Crippen LogP contribution < -0.4 is 0 Å². The summed E-state index contributed by atoms with van der Waals surface area (Å²) in [6.07, 6.45) is 0. The predicted octanol–water partition coefficient (Wildman–Crippen LogP) is 8.50. The minimum absolute atomic E-state index is 0.0533. The van der Waals surface area contributed by atoms with Crippen LogP contribution in [0.2, 0.25) is 0 Å². The number of hydrogen-bond acceptors (Lipinski definition) is 0. The molecular weight excluding hydrogens is 376 g/mol. The first kappa shape index (κ1) is 18.9. The van der Waals surface area contributed by atoms with Gasteiger partial charge in [-0.25, -0.2) is 0 Å². The molecule has 0 N–H and O–H groups in total. The standard InChI is InChI=1S/C30H21O/c31-30-28(24-17-9-3-10-18-24)26(22-13-5-1-6-14-22)21-27(23-15-7-2-8-16-23)29(30)25-19-11-4-12-20-25/h1-21H. The highest BCUT2D eigenvalue weighted by Gasteiger charge is 2.23. The van der Waals surface area contributed by atoms with Gasteiger partial charge in [0.2, 0.25) is 0 Å². The van der Waals surface area contributed by atoms with E-state index in [-0.39, 0.29) is 5.75 Å². The molecule has 0 heterocycles. The van der Waals surface area contributed by atoms with Gasteiger partial charge in [0.1, 0.15) is 0 Å². The van der Waals surface area contributed by atoms with E-state index in [0.717, 1.165) is 44.5 Å². The van der Waals surface area contributed by atoms with Crippen LogP contribution in [0.4, 0.5) is 0 Å². The Balaban J connectivity index is 1.91. The lowest BCUT2D eigenvalue weighted by molar-refractivity contribution is 0.359. The van der Waals surface area contributed by atoms with E-state index in [0.29, 0.717) is 0 Å². The van der Waals surface area contributed by atoms with Gasteiger partial charge in [-0.15, -0.1) is 0 Å². The highest BCUT2D eigenvalue weighted by molar-refractivity contribution is 6.00. The average molecular weight is 397 g/mol. The van der Waals surface area contributed by atoms with Crippen LogP contribution in [-0.2, 0) is 5.11 Å². The number of rotatable bonds is 4. The summed E-state index contributed by atoms with van der Waals surface area (Å²) in [7, 11) is 0.